The molecule has 0 aromatic heterocycles. The molecule has 0 N–H and O–H groups in total. The minimum Gasteiger partial charge on any atom is -0.343 e. The number of benzene rings is 1. The van der Waals surface area contributed by atoms with Gasteiger partial charge in [0.15, 0.2) is 0 Å². The summed E-state index contributed by atoms with van der Waals surface area (Å²) in [6.07, 6.45) is 4.33. The quantitative estimate of drug-likeness (QED) is 0.816. The van der Waals surface area contributed by atoms with E-state index in [-0.39, 0.29) is 0 Å². The lowest BCUT2D eigenvalue weighted by molar-refractivity contribution is -0.133. The molecule has 1 amide bonds. The molecule has 2 heteroatoms. The highest BCUT2D eigenvalue weighted by Crippen LogP contribution is 2.49. The normalized spacial score (nSPS) is 26.1. The van der Waals surface area contributed by atoms with Crippen LogP contribution in [0, 0.1) is 17.8 Å². The Kier molecular flexibility index (Phi) is 4.32. The summed E-state index contributed by atoms with van der Waals surface area (Å²) in [6, 6.07) is 10.7. The van der Waals surface area contributed by atoms with Crippen LogP contribution in [0.25, 0.3) is 0 Å². The number of rotatable bonds is 4. The highest BCUT2D eigenvalue weighted by Gasteiger charge is 2.40. The first-order valence-electron chi connectivity index (χ1n) is 8.48. The van der Waals surface area contributed by atoms with Gasteiger partial charge in [-0.1, -0.05) is 44.2 Å². The molecule has 1 aliphatic carbocycles. The molecule has 2 fully saturated rings. The van der Waals surface area contributed by atoms with Gasteiger partial charge in [0.1, 0.15) is 0 Å². The van der Waals surface area contributed by atoms with Crippen molar-refractivity contribution in [3.63, 3.8) is 0 Å². The van der Waals surface area contributed by atoms with Crippen molar-refractivity contribution in [1.29, 1.82) is 0 Å². The van der Waals surface area contributed by atoms with Crippen LogP contribution in [-0.4, -0.2) is 23.9 Å². The molecule has 2 nitrogen and oxygen atoms in total. The van der Waals surface area contributed by atoms with E-state index in [1.165, 1.54) is 24.8 Å². The van der Waals surface area contributed by atoms with Gasteiger partial charge in [0.25, 0.3) is 0 Å². The van der Waals surface area contributed by atoms with Crippen molar-refractivity contribution < 1.29 is 4.79 Å². The fraction of sp³-hybridized carbons (Fsp3) is 0.632. The molecule has 2 unspecified atom stereocenters. The number of likely N-dealkylation sites (tertiary alicyclic amines) is 1. The van der Waals surface area contributed by atoms with Crippen LogP contribution in [0.5, 0.6) is 0 Å². The van der Waals surface area contributed by atoms with E-state index in [0.29, 0.717) is 17.7 Å². The lowest BCUT2D eigenvalue weighted by Gasteiger charge is -2.34. The average Bonchev–Trinajstić information content (AvgIpc) is 3.27. The van der Waals surface area contributed by atoms with Gasteiger partial charge in [0.05, 0.1) is 0 Å². The van der Waals surface area contributed by atoms with Crippen LogP contribution in [0.3, 0.4) is 0 Å². The Hall–Kier alpha value is -1.31. The summed E-state index contributed by atoms with van der Waals surface area (Å²) in [7, 11) is 0. The Morgan fingerprint density at radius 3 is 2.48 bits per heavy atom. The van der Waals surface area contributed by atoms with Gasteiger partial charge in [-0.15, -0.1) is 0 Å². The molecule has 0 radical (unpaired) electrons. The maximum atomic E-state index is 12.4. The smallest absolute Gasteiger partial charge is 0.222 e. The lowest BCUT2D eigenvalue weighted by Crippen LogP contribution is -2.39. The molecule has 1 saturated heterocycles. The third-order valence-corrected chi connectivity index (χ3v) is 5.42. The van der Waals surface area contributed by atoms with E-state index in [9.17, 15) is 4.79 Å². The summed E-state index contributed by atoms with van der Waals surface area (Å²) in [5.74, 6) is 3.17. The predicted octanol–water partition coefficient (Wildman–Crippen LogP) is 4.07. The standard InChI is InChI=1S/C19H27NO/c1-14(2)15-8-10-20(11-9-15)19(21)13-17-12-18(17)16-6-4-3-5-7-16/h3-7,14-15,17-18H,8-13H2,1-2H3. The van der Waals surface area contributed by atoms with Crippen LogP contribution in [0.1, 0.15) is 51.0 Å². The van der Waals surface area contributed by atoms with Gasteiger partial charge in [0, 0.05) is 19.5 Å². The SMILES string of the molecule is CC(C)C1CCN(C(=O)CC2CC2c2ccccc2)CC1. The van der Waals surface area contributed by atoms with Crippen molar-refractivity contribution in [2.75, 3.05) is 13.1 Å². The second-order valence-electron chi connectivity index (χ2n) is 7.18. The van der Waals surface area contributed by atoms with Crippen LogP contribution in [-0.2, 0) is 4.79 Å². The molecule has 1 saturated carbocycles. The summed E-state index contributed by atoms with van der Waals surface area (Å²) >= 11 is 0. The van der Waals surface area contributed by atoms with Gasteiger partial charge in [-0.25, -0.2) is 0 Å². The van der Waals surface area contributed by atoms with E-state index in [0.717, 1.165) is 31.3 Å². The molecule has 0 bridgehead atoms. The lowest BCUT2D eigenvalue weighted by atomic mass is 9.86. The van der Waals surface area contributed by atoms with Crippen LogP contribution >= 0.6 is 0 Å². The maximum absolute atomic E-state index is 12.4. The molecule has 2 atom stereocenters. The average molecular weight is 285 g/mol. The minimum atomic E-state index is 0.389. The van der Waals surface area contributed by atoms with E-state index in [1.807, 2.05) is 0 Å². The van der Waals surface area contributed by atoms with E-state index in [4.69, 9.17) is 0 Å². The van der Waals surface area contributed by atoms with E-state index in [2.05, 4.69) is 49.1 Å². The van der Waals surface area contributed by atoms with E-state index >= 15 is 0 Å². The van der Waals surface area contributed by atoms with Gasteiger partial charge in [-0.3, -0.25) is 4.79 Å². The van der Waals surface area contributed by atoms with Crippen molar-refractivity contribution in [2.45, 2.75) is 45.4 Å². The summed E-state index contributed by atoms with van der Waals surface area (Å²) in [5, 5.41) is 0. The third kappa shape index (κ3) is 3.48. The summed E-state index contributed by atoms with van der Waals surface area (Å²) in [4.78, 5) is 14.5. The number of hydrogen-bond acceptors (Lipinski definition) is 1. The first-order chi connectivity index (χ1) is 10.1. The molecule has 2 aliphatic rings. The Morgan fingerprint density at radius 2 is 1.86 bits per heavy atom. The molecular formula is C19H27NO. The Balaban J connectivity index is 1.46. The first-order valence-corrected chi connectivity index (χ1v) is 8.48. The number of hydrogen-bond donors (Lipinski definition) is 0. The van der Waals surface area contributed by atoms with Crippen LogP contribution < -0.4 is 0 Å². The summed E-state index contributed by atoms with van der Waals surface area (Å²) in [6.45, 7) is 6.56. The number of carbonyl (C=O) groups is 1. The van der Waals surface area contributed by atoms with E-state index in [1.54, 1.807) is 0 Å². The molecule has 1 heterocycles. The Bertz CT molecular complexity index is 474. The zero-order valence-corrected chi connectivity index (χ0v) is 13.3. The molecule has 1 aromatic carbocycles. The first kappa shape index (κ1) is 14.6. The number of nitrogens with zero attached hydrogens (tertiary/aromatic N) is 1. The molecule has 0 spiro atoms. The molecule has 1 aromatic rings. The number of carbonyl (C=O) groups excluding carboxylic acids is 1. The minimum absolute atomic E-state index is 0.389. The second-order valence-corrected chi connectivity index (χ2v) is 7.18. The van der Waals surface area contributed by atoms with Gasteiger partial charge in [-0.2, -0.15) is 0 Å². The second kappa shape index (κ2) is 6.21. The van der Waals surface area contributed by atoms with Crippen molar-refractivity contribution in [3.8, 4) is 0 Å². The summed E-state index contributed by atoms with van der Waals surface area (Å²) in [5.41, 5.74) is 1.41. The zero-order valence-electron chi connectivity index (χ0n) is 13.3. The molecule has 1 aliphatic heterocycles. The fourth-order valence-electron chi connectivity index (χ4n) is 3.75. The largest absolute Gasteiger partial charge is 0.343 e. The van der Waals surface area contributed by atoms with Crippen LogP contribution in [0.2, 0.25) is 0 Å². The zero-order chi connectivity index (χ0) is 14.8. The van der Waals surface area contributed by atoms with E-state index < -0.39 is 0 Å². The fourth-order valence-corrected chi connectivity index (χ4v) is 3.75. The number of piperidine rings is 1. The van der Waals surface area contributed by atoms with Crippen LogP contribution in [0.15, 0.2) is 30.3 Å². The number of amides is 1. The van der Waals surface area contributed by atoms with Crippen LogP contribution in [0.4, 0.5) is 0 Å². The highest BCUT2D eigenvalue weighted by atomic mass is 16.2. The molecule has 21 heavy (non-hydrogen) atoms. The highest BCUT2D eigenvalue weighted by molar-refractivity contribution is 5.77. The Labute approximate surface area is 128 Å². The van der Waals surface area contributed by atoms with Crippen molar-refractivity contribution in [1.82, 2.24) is 4.90 Å². The monoisotopic (exact) mass is 285 g/mol. The topological polar surface area (TPSA) is 20.3 Å². The molecule has 114 valence electrons. The summed E-state index contributed by atoms with van der Waals surface area (Å²) < 4.78 is 0. The Morgan fingerprint density at radius 1 is 1.19 bits per heavy atom. The third-order valence-electron chi connectivity index (χ3n) is 5.42. The molecular weight excluding hydrogens is 258 g/mol. The van der Waals surface area contributed by atoms with Gasteiger partial charge < -0.3 is 4.90 Å². The van der Waals surface area contributed by atoms with Gasteiger partial charge in [0.2, 0.25) is 5.91 Å². The van der Waals surface area contributed by atoms with Gasteiger partial charge >= 0.3 is 0 Å². The predicted molar refractivity (Wildman–Crippen MR) is 86.0 cm³/mol. The molecule has 3 rings (SSSR count). The van der Waals surface area contributed by atoms with Crippen molar-refractivity contribution >= 4 is 5.91 Å². The van der Waals surface area contributed by atoms with Crippen molar-refractivity contribution in [2.24, 2.45) is 17.8 Å². The van der Waals surface area contributed by atoms with Crippen molar-refractivity contribution in [3.05, 3.63) is 35.9 Å². The maximum Gasteiger partial charge on any atom is 0.222 e. The van der Waals surface area contributed by atoms with Gasteiger partial charge in [-0.05, 0) is 48.5 Å².